The van der Waals surface area contributed by atoms with E-state index in [-0.39, 0.29) is 11.8 Å². The largest absolute Gasteiger partial charge is 0.348 e. The molecule has 3 aromatic rings. The second-order valence-corrected chi connectivity index (χ2v) is 5.29. The highest BCUT2D eigenvalue weighted by molar-refractivity contribution is 5.96. The molecule has 1 aliphatic heterocycles. The van der Waals surface area contributed by atoms with Crippen LogP contribution in [0.2, 0.25) is 0 Å². The van der Waals surface area contributed by atoms with Gasteiger partial charge in [0, 0.05) is 54.8 Å². The Morgan fingerprint density at radius 1 is 1.32 bits per heavy atom. The van der Waals surface area contributed by atoms with Crippen LogP contribution >= 0.6 is 0 Å². The number of carbonyl (C=O) groups is 1. The molecule has 2 N–H and O–H groups in total. The minimum Gasteiger partial charge on any atom is -0.348 e. The highest BCUT2D eigenvalue weighted by atomic mass is 16.1. The number of nitrogens with one attached hydrogen (secondary N) is 2. The molecule has 0 bridgehead atoms. The van der Waals surface area contributed by atoms with Crippen LogP contribution in [0.15, 0.2) is 37.1 Å². The Morgan fingerprint density at radius 2 is 2.23 bits per heavy atom. The van der Waals surface area contributed by atoms with Crippen molar-refractivity contribution in [3.05, 3.63) is 48.3 Å². The monoisotopic (exact) mass is 294 g/mol. The van der Waals surface area contributed by atoms with Crippen LogP contribution in [-0.4, -0.2) is 30.6 Å². The predicted molar refractivity (Wildman–Crippen MR) is 80.1 cm³/mol. The molecule has 0 spiro atoms. The summed E-state index contributed by atoms with van der Waals surface area (Å²) >= 11 is 0. The summed E-state index contributed by atoms with van der Waals surface area (Å²) in [5, 5.41) is 7.50. The number of rotatable bonds is 2. The quantitative estimate of drug-likeness (QED) is 0.752. The number of aromatic nitrogens is 5. The maximum absolute atomic E-state index is 12.0. The summed E-state index contributed by atoms with van der Waals surface area (Å²) in [5.74, 6) is 0.623. The number of H-pyrrole nitrogens is 1. The van der Waals surface area contributed by atoms with Gasteiger partial charge in [-0.05, 0) is 12.1 Å². The third-order valence-corrected chi connectivity index (χ3v) is 3.91. The zero-order valence-electron chi connectivity index (χ0n) is 11.9. The van der Waals surface area contributed by atoms with E-state index in [4.69, 9.17) is 0 Å². The van der Waals surface area contributed by atoms with Gasteiger partial charge in [0.15, 0.2) is 0 Å². The fourth-order valence-corrected chi connectivity index (χ4v) is 2.93. The van der Waals surface area contributed by atoms with E-state index in [0.29, 0.717) is 6.42 Å². The zero-order chi connectivity index (χ0) is 15.1. The summed E-state index contributed by atoms with van der Waals surface area (Å²) in [6, 6.07) is 3.85. The predicted octanol–water partition coefficient (Wildman–Crippen LogP) is 1.68. The molecule has 22 heavy (non-hydrogen) atoms. The van der Waals surface area contributed by atoms with E-state index in [9.17, 15) is 4.79 Å². The maximum Gasteiger partial charge on any atom is 0.226 e. The van der Waals surface area contributed by atoms with Gasteiger partial charge >= 0.3 is 0 Å². The molecule has 0 saturated carbocycles. The lowest BCUT2D eigenvalue weighted by Gasteiger charge is -2.22. The first-order valence-corrected chi connectivity index (χ1v) is 6.99. The van der Waals surface area contributed by atoms with Crippen molar-refractivity contribution < 1.29 is 4.79 Å². The standard InChI is InChI=1S/C15H14N6O/c1-21-15-13(14(20-21)9-3-2-4-16-6-9)10(5-12(22)19-15)11-7-17-8-18-11/h2-4,6-8,10H,5H2,1H3,(H,17,18)(H,19,22). The molecule has 0 aliphatic carbocycles. The average Bonchev–Trinajstić information content (AvgIpc) is 3.16. The van der Waals surface area contributed by atoms with E-state index in [1.54, 1.807) is 29.6 Å². The van der Waals surface area contributed by atoms with Gasteiger partial charge in [-0.25, -0.2) is 4.98 Å². The van der Waals surface area contributed by atoms with Gasteiger partial charge in [-0.15, -0.1) is 0 Å². The van der Waals surface area contributed by atoms with Gasteiger partial charge in [-0.1, -0.05) is 0 Å². The third-order valence-electron chi connectivity index (χ3n) is 3.91. The van der Waals surface area contributed by atoms with Crippen LogP contribution in [0.5, 0.6) is 0 Å². The summed E-state index contributed by atoms with van der Waals surface area (Å²) in [4.78, 5) is 23.4. The molecule has 7 heteroatoms. The molecule has 7 nitrogen and oxygen atoms in total. The fourth-order valence-electron chi connectivity index (χ4n) is 2.93. The number of pyridine rings is 1. The summed E-state index contributed by atoms with van der Waals surface area (Å²) in [7, 11) is 1.83. The van der Waals surface area contributed by atoms with Crippen molar-refractivity contribution in [3.63, 3.8) is 0 Å². The Balaban J connectivity index is 1.94. The van der Waals surface area contributed by atoms with E-state index >= 15 is 0 Å². The molecular weight excluding hydrogens is 280 g/mol. The maximum atomic E-state index is 12.0. The lowest BCUT2D eigenvalue weighted by molar-refractivity contribution is -0.116. The van der Waals surface area contributed by atoms with Gasteiger partial charge in [-0.3, -0.25) is 14.5 Å². The van der Waals surface area contributed by atoms with Crippen molar-refractivity contribution in [1.29, 1.82) is 0 Å². The molecule has 4 heterocycles. The SMILES string of the molecule is Cn1nc(-c2cccnc2)c2c1NC(=O)CC2c1cnc[nH]1. The third kappa shape index (κ3) is 1.90. The van der Waals surface area contributed by atoms with E-state index in [1.165, 1.54) is 0 Å². The zero-order valence-corrected chi connectivity index (χ0v) is 11.9. The molecule has 1 amide bonds. The van der Waals surface area contributed by atoms with Gasteiger partial charge < -0.3 is 10.3 Å². The second kappa shape index (κ2) is 4.80. The van der Waals surface area contributed by atoms with E-state index in [2.05, 4.69) is 25.4 Å². The molecule has 4 rings (SSSR count). The van der Waals surface area contributed by atoms with Crippen molar-refractivity contribution in [1.82, 2.24) is 24.7 Å². The number of imidazole rings is 1. The van der Waals surface area contributed by atoms with E-state index in [0.717, 1.165) is 28.3 Å². The number of amides is 1. The van der Waals surface area contributed by atoms with Gasteiger partial charge in [-0.2, -0.15) is 5.10 Å². The highest BCUT2D eigenvalue weighted by Gasteiger charge is 2.33. The summed E-state index contributed by atoms with van der Waals surface area (Å²) < 4.78 is 1.71. The first kappa shape index (κ1) is 12.8. The number of aryl methyl sites for hydroxylation is 1. The molecule has 3 aromatic heterocycles. The first-order chi connectivity index (χ1) is 10.7. The molecule has 0 saturated heterocycles. The molecule has 1 unspecified atom stereocenters. The van der Waals surface area contributed by atoms with Crippen LogP contribution in [0.4, 0.5) is 5.82 Å². The molecule has 1 atom stereocenters. The summed E-state index contributed by atoms with van der Waals surface area (Å²) in [6.07, 6.45) is 7.26. The molecular formula is C15H14N6O. The van der Waals surface area contributed by atoms with E-state index in [1.807, 2.05) is 19.2 Å². The average molecular weight is 294 g/mol. The van der Waals surface area contributed by atoms with Crippen molar-refractivity contribution in [2.75, 3.05) is 5.32 Å². The Kier molecular flexibility index (Phi) is 2.78. The Morgan fingerprint density at radius 3 is 2.95 bits per heavy atom. The Hall–Kier alpha value is -2.96. The summed E-state index contributed by atoms with van der Waals surface area (Å²) in [5.41, 5.74) is 3.68. The topological polar surface area (TPSA) is 88.5 Å². The van der Waals surface area contributed by atoms with Gasteiger partial charge in [0.25, 0.3) is 0 Å². The number of fused-ring (bicyclic) bond motifs is 1. The van der Waals surface area contributed by atoms with Crippen LogP contribution < -0.4 is 5.32 Å². The van der Waals surface area contributed by atoms with Crippen LogP contribution in [0.1, 0.15) is 23.6 Å². The minimum absolute atomic E-state index is 0.0205. The first-order valence-electron chi connectivity index (χ1n) is 6.99. The Labute approximate surface area is 126 Å². The lowest BCUT2D eigenvalue weighted by Crippen LogP contribution is -2.24. The van der Waals surface area contributed by atoms with Crippen LogP contribution in [-0.2, 0) is 11.8 Å². The van der Waals surface area contributed by atoms with Crippen molar-refractivity contribution >= 4 is 11.7 Å². The van der Waals surface area contributed by atoms with Crippen LogP contribution in [0.25, 0.3) is 11.3 Å². The molecule has 1 aliphatic rings. The molecule has 0 aromatic carbocycles. The Bertz CT molecular complexity index is 821. The number of hydrogen-bond donors (Lipinski definition) is 2. The van der Waals surface area contributed by atoms with Gasteiger partial charge in [0.05, 0.1) is 12.0 Å². The van der Waals surface area contributed by atoms with Crippen LogP contribution in [0, 0.1) is 0 Å². The number of hydrogen-bond acceptors (Lipinski definition) is 4. The number of aromatic amines is 1. The smallest absolute Gasteiger partial charge is 0.226 e. The minimum atomic E-state index is -0.0878. The lowest BCUT2D eigenvalue weighted by atomic mass is 9.88. The molecule has 0 radical (unpaired) electrons. The molecule has 110 valence electrons. The second-order valence-electron chi connectivity index (χ2n) is 5.29. The number of nitrogens with zero attached hydrogens (tertiary/aromatic N) is 4. The van der Waals surface area contributed by atoms with Gasteiger partial charge in [0.1, 0.15) is 5.82 Å². The number of anilines is 1. The van der Waals surface area contributed by atoms with E-state index < -0.39 is 0 Å². The normalized spacial score (nSPS) is 17.1. The van der Waals surface area contributed by atoms with Crippen molar-refractivity contribution in [2.45, 2.75) is 12.3 Å². The number of carbonyl (C=O) groups excluding carboxylic acids is 1. The summed E-state index contributed by atoms with van der Waals surface area (Å²) in [6.45, 7) is 0. The van der Waals surface area contributed by atoms with Gasteiger partial charge in [0.2, 0.25) is 5.91 Å². The fraction of sp³-hybridized carbons (Fsp3) is 0.200. The highest BCUT2D eigenvalue weighted by Crippen LogP contribution is 2.41. The van der Waals surface area contributed by atoms with Crippen molar-refractivity contribution in [3.8, 4) is 11.3 Å². The molecule has 0 fully saturated rings. The van der Waals surface area contributed by atoms with Crippen molar-refractivity contribution in [2.24, 2.45) is 7.05 Å². The van der Waals surface area contributed by atoms with Crippen LogP contribution in [0.3, 0.4) is 0 Å².